The molecular weight excluding hydrogens is 350 g/mol. The van der Waals surface area contributed by atoms with Gasteiger partial charge in [-0.05, 0) is 38.5 Å². The van der Waals surface area contributed by atoms with Gasteiger partial charge in [0.05, 0.1) is 13.2 Å². The van der Waals surface area contributed by atoms with E-state index in [0.717, 1.165) is 21.8 Å². The van der Waals surface area contributed by atoms with Gasteiger partial charge in [0.2, 0.25) is 5.91 Å². The van der Waals surface area contributed by atoms with Crippen molar-refractivity contribution in [3.05, 3.63) is 34.7 Å². The van der Waals surface area contributed by atoms with Crippen molar-refractivity contribution in [3.8, 4) is 16.9 Å². The zero-order chi connectivity index (χ0) is 19.3. The Morgan fingerprint density at radius 3 is 2.31 bits per heavy atom. The minimum absolute atomic E-state index is 0.130. The van der Waals surface area contributed by atoms with Crippen LogP contribution in [0.25, 0.3) is 11.1 Å². The van der Waals surface area contributed by atoms with Gasteiger partial charge in [-0.2, -0.15) is 0 Å². The summed E-state index contributed by atoms with van der Waals surface area (Å²) in [6.07, 6.45) is 0. The summed E-state index contributed by atoms with van der Waals surface area (Å²) in [7, 11) is 0. The van der Waals surface area contributed by atoms with E-state index in [1.54, 1.807) is 6.92 Å². The molecule has 0 atom stereocenters. The Kier molecular flexibility index (Phi) is 6.80. The van der Waals surface area contributed by atoms with Crippen LogP contribution in [0.1, 0.15) is 42.9 Å². The van der Waals surface area contributed by atoms with Crippen molar-refractivity contribution in [2.45, 2.75) is 34.6 Å². The Bertz CT molecular complexity index is 778. The van der Waals surface area contributed by atoms with Crippen LogP contribution in [0, 0.1) is 12.8 Å². The van der Waals surface area contributed by atoms with Gasteiger partial charge in [0, 0.05) is 16.4 Å². The molecule has 5 nitrogen and oxygen atoms in total. The number of esters is 1. The number of hydrogen-bond donors (Lipinski definition) is 1. The summed E-state index contributed by atoms with van der Waals surface area (Å²) >= 11 is 1.39. The molecule has 2 rings (SSSR count). The number of aryl methyl sites for hydroxylation is 1. The number of carbonyl (C=O) groups is 2. The van der Waals surface area contributed by atoms with Crippen LogP contribution in [0.5, 0.6) is 5.75 Å². The highest BCUT2D eigenvalue weighted by atomic mass is 32.1. The largest absolute Gasteiger partial charge is 0.494 e. The molecule has 0 aliphatic rings. The molecule has 1 N–H and O–H groups in total. The molecule has 0 aliphatic carbocycles. The molecule has 1 aromatic carbocycles. The Morgan fingerprint density at radius 2 is 1.77 bits per heavy atom. The van der Waals surface area contributed by atoms with Crippen LogP contribution in [-0.4, -0.2) is 25.1 Å². The number of nitrogens with one attached hydrogen (secondary N) is 1. The van der Waals surface area contributed by atoms with Gasteiger partial charge < -0.3 is 14.8 Å². The topological polar surface area (TPSA) is 64.6 Å². The van der Waals surface area contributed by atoms with Gasteiger partial charge in [0.15, 0.2) is 0 Å². The number of ether oxygens (including phenoxy) is 2. The third kappa shape index (κ3) is 4.43. The smallest absolute Gasteiger partial charge is 0.341 e. The van der Waals surface area contributed by atoms with Gasteiger partial charge >= 0.3 is 5.97 Å². The van der Waals surface area contributed by atoms with E-state index in [1.807, 2.05) is 52.0 Å². The maximum absolute atomic E-state index is 12.6. The summed E-state index contributed by atoms with van der Waals surface area (Å²) in [6.45, 7) is 10.1. The van der Waals surface area contributed by atoms with Crippen LogP contribution >= 0.6 is 11.3 Å². The number of rotatable bonds is 7. The lowest BCUT2D eigenvalue weighted by molar-refractivity contribution is -0.118. The highest BCUT2D eigenvalue weighted by Gasteiger charge is 2.26. The maximum atomic E-state index is 12.6. The third-order valence-corrected chi connectivity index (χ3v) is 4.80. The van der Waals surface area contributed by atoms with Crippen LogP contribution in [0.3, 0.4) is 0 Å². The van der Waals surface area contributed by atoms with Gasteiger partial charge in [-0.25, -0.2) is 4.79 Å². The number of benzene rings is 1. The summed E-state index contributed by atoms with van der Waals surface area (Å²) in [6, 6.07) is 7.57. The fraction of sp³-hybridized carbons (Fsp3) is 0.400. The van der Waals surface area contributed by atoms with Gasteiger partial charge in [0.25, 0.3) is 0 Å². The first kappa shape index (κ1) is 20.0. The number of thiophene rings is 1. The van der Waals surface area contributed by atoms with Gasteiger partial charge in [0.1, 0.15) is 16.3 Å². The molecular formula is C20H25NO4S. The Labute approximate surface area is 158 Å². The second-order valence-corrected chi connectivity index (χ2v) is 7.28. The highest BCUT2D eigenvalue weighted by Crippen LogP contribution is 2.41. The summed E-state index contributed by atoms with van der Waals surface area (Å²) in [4.78, 5) is 25.7. The van der Waals surface area contributed by atoms with Crippen LogP contribution in [0.4, 0.5) is 5.00 Å². The Balaban J connectivity index is 2.51. The van der Waals surface area contributed by atoms with Crippen molar-refractivity contribution in [3.63, 3.8) is 0 Å². The summed E-state index contributed by atoms with van der Waals surface area (Å²) in [5.74, 6) is 0.0337. The van der Waals surface area contributed by atoms with Crippen molar-refractivity contribution in [1.29, 1.82) is 0 Å². The van der Waals surface area contributed by atoms with Gasteiger partial charge in [-0.1, -0.05) is 26.0 Å². The van der Waals surface area contributed by atoms with Crippen molar-refractivity contribution >= 4 is 28.2 Å². The second-order valence-electron chi connectivity index (χ2n) is 6.06. The van der Waals surface area contributed by atoms with Crippen molar-refractivity contribution < 1.29 is 19.1 Å². The quantitative estimate of drug-likeness (QED) is 0.700. The fourth-order valence-electron chi connectivity index (χ4n) is 2.52. The Morgan fingerprint density at radius 1 is 1.12 bits per heavy atom. The van der Waals surface area contributed by atoms with E-state index in [0.29, 0.717) is 17.2 Å². The molecule has 0 saturated carbocycles. The van der Waals surface area contributed by atoms with E-state index in [9.17, 15) is 9.59 Å². The van der Waals surface area contributed by atoms with Crippen LogP contribution in [0.2, 0.25) is 0 Å². The average molecular weight is 375 g/mol. The normalized spacial score (nSPS) is 10.7. The van der Waals surface area contributed by atoms with Crippen molar-refractivity contribution in [1.82, 2.24) is 0 Å². The lowest BCUT2D eigenvalue weighted by Gasteiger charge is -2.11. The van der Waals surface area contributed by atoms with E-state index in [-0.39, 0.29) is 18.4 Å². The summed E-state index contributed by atoms with van der Waals surface area (Å²) in [5.41, 5.74) is 2.08. The first-order valence-electron chi connectivity index (χ1n) is 8.73. The number of anilines is 1. The SMILES string of the molecule is CCOC(=O)c1c(NC(=O)C(C)C)sc(C)c1-c1ccc(OCC)cc1. The molecule has 26 heavy (non-hydrogen) atoms. The average Bonchev–Trinajstić information content (AvgIpc) is 2.92. The molecule has 0 bridgehead atoms. The second kappa shape index (κ2) is 8.85. The molecule has 0 fully saturated rings. The minimum Gasteiger partial charge on any atom is -0.494 e. The predicted molar refractivity (Wildman–Crippen MR) is 105 cm³/mol. The monoisotopic (exact) mass is 375 g/mol. The number of hydrogen-bond acceptors (Lipinski definition) is 5. The van der Waals surface area contributed by atoms with Crippen molar-refractivity contribution in [2.75, 3.05) is 18.5 Å². The number of carbonyl (C=O) groups excluding carboxylic acids is 2. The lowest BCUT2D eigenvalue weighted by atomic mass is 10.0. The predicted octanol–water partition coefficient (Wildman–Crippen LogP) is 4.89. The zero-order valence-electron chi connectivity index (χ0n) is 15.8. The molecule has 2 aromatic rings. The molecule has 6 heteroatoms. The minimum atomic E-state index is -0.431. The van der Waals surface area contributed by atoms with E-state index in [2.05, 4.69) is 5.32 Å². The van der Waals surface area contributed by atoms with E-state index in [4.69, 9.17) is 9.47 Å². The van der Waals surface area contributed by atoms with Gasteiger partial charge in [-0.15, -0.1) is 11.3 Å². The van der Waals surface area contributed by atoms with E-state index < -0.39 is 5.97 Å². The van der Waals surface area contributed by atoms with Crippen LogP contribution < -0.4 is 10.1 Å². The van der Waals surface area contributed by atoms with E-state index >= 15 is 0 Å². The summed E-state index contributed by atoms with van der Waals surface area (Å²) in [5, 5.41) is 3.40. The first-order chi connectivity index (χ1) is 12.4. The van der Waals surface area contributed by atoms with Crippen LogP contribution in [0.15, 0.2) is 24.3 Å². The van der Waals surface area contributed by atoms with Crippen molar-refractivity contribution in [2.24, 2.45) is 5.92 Å². The maximum Gasteiger partial charge on any atom is 0.341 e. The molecule has 0 radical (unpaired) electrons. The summed E-state index contributed by atoms with van der Waals surface area (Å²) < 4.78 is 10.7. The van der Waals surface area contributed by atoms with E-state index in [1.165, 1.54) is 11.3 Å². The number of amides is 1. The third-order valence-electron chi connectivity index (χ3n) is 3.78. The molecule has 0 spiro atoms. The molecule has 1 aromatic heterocycles. The lowest BCUT2D eigenvalue weighted by Crippen LogP contribution is -2.19. The molecule has 1 amide bonds. The molecule has 140 valence electrons. The zero-order valence-corrected chi connectivity index (χ0v) is 16.7. The fourth-order valence-corrected chi connectivity index (χ4v) is 3.59. The molecule has 0 unspecified atom stereocenters. The molecule has 0 saturated heterocycles. The first-order valence-corrected chi connectivity index (χ1v) is 9.55. The Hall–Kier alpha value is -2.34. The standard InChI is InChI=1S/C20H25NO4S/c1-6-24-15-10-8-14(9-11-15)16-13(5)26-19(21-18(22)12(3)4)17(16)20(23)25-7-2/h8-12H,6-7H2,1-5H3,(H,21,22). The van der Waals surface area contributed by atoms with Crippen LogP contribution in [-0.2, 0) is 9.53 Å². The highest BCUT2D eigenvalue weighted by molar-refractivity contribution is 7.17. The molecule has 1 heterocycles. The molecule has 0 aliphatic heterocycles. The van der Waals surface area contributed by atoms with Gasteiger partial charge in [-0.3, -0.25) is 4.79 Å².